The molecule has 1 saturated carbocycles. The van der Waals surface area contributed by atoms with Gasteiger partial charge in [0.05, 0.1) is 6.04 Å². The first-order valence-electron chi connectivity index (χ1n) is 4.40. The number of nitrogens with zero attached hydrogens (tertiary/aromatic N) is 4. The van der Waals surface area contributed by atoms with Crippen molar-refractivity contribution in [3.63, 3.8) is 0 Å². The van der Waals surface area contributed by atoms with Crippen LogP contribution in [0.1, 0.15) is 31.7 Å². The van der Waals surface area contributed by atoms with Gasteiger partial charge < -0.3 is 0 Å². The average molecular weight is 182 g/mol. The lowest BCUT2D eigenvalue weighted by Gasteiger charge is -2.23. The van der Waals surface area contributed by atoms with Gasteiger partial charge in [-0.05, 0) is 23.3 Å². The number of aromatic nitrogens is 4. The highest BCUT2D eigenvalue weighted by Crippen LogP contribution is 2.45. The van der Waals surface area contributed by atoms with Gasteiger partial charge in [-0.1, -0.05) is 24.6 Å². The minimum Gasteiger partial charge on any atom is -0.216 e. The molecule has 0 spiro atoms. The lowest BCUT2D eigenvalue weighted by Crippen LogP contribution is -2.20. The zero-order chi connectivity index (χ0) is 7.97. The normalized spacial score (nSPS) is 33.0. The Bertz CT molecular complexity index is 297. The summed E-state index contributed by atoms with van der Waals surface area (Å²) in [6.45, 7) is 0. The van der Waals surface area contributed by atoms with E-state index in [2.05, 4.69) is 15.5 Å². The van der Waals surface area contributed by atoms with Crippen molar-refractivity contribution in [1.82, 2.24) is 20.2 Å². The van der Waals surface area contributed by atoms with Crippen LogP contribution in [0.15, 0.2) is 5.16 Å². The number of tetrazole rings is 1. The molecular weight excluding hydrogens is 172 g/mol. The third-order valence-corrected chi connectivity index (χ3v) is 4.03. The molecule has 2 aliphatic rings. The van der Waals surface area contributed by atoms with Crippen LogP contribution in [-0.4, -0.2) is 25.5 Å². The third kappa shape index (κ3) is 0.827. The minimum atomic E-state index is 0.591. The number of hydrogen-bond acceptors (Lipinski definition) is 4. The maximum absolute atomic E-state index is 4.02. The van der Waals surface area contributed by atoms with Crippen LogP contribution in [-0.2, 0) is 0 Å². The summed E-state index contributed by atoms with van der Waals surface area (Å²) in [4.78, 5) is 0. The van der Waals surface area contributed by atoms with Gasteiger partial charge in [0.1, 0.15) is 0 Å². The molecule has 1 fully saturated rings. The van der Waals surface area contributed by atoms with E-state index in [1.165, 1.54) is 25.7 Å². The van der Waals surface area contributed by atoms with Crippen LogP contribution in [0.3, 0.4) is 0 Å². The quantitative estimate of drug-likeness (QED) is 0.606. The first-order chi connectivity index (χ1) is 5.95. The Morgan fingerprint density at radius 1 is 1.33 bits per heavy atom. The van der Waals surface area contributed by atoms with E-state index in [0.29, 0.717) is 6.04 Å². The van der Waals surface area contributed by atoms with Gasteiger partial charge in [0, 0.05) is 5.25 Å². The van der Waals surface area contributed by atoms with Crippen molar-refractivity contribution in [3.05, 3.63) is 0 Å². The van der Waals surface area contributed by atoms with E-state index in [1.54, 1.807) is 0 Å². The van der Waals surface area contributed by atoms with Gasteiger partial charge in [-0.25, -0.2) is 4.68 Å². The molecule has 2 heterocycles. The molecule has 0 amide bonds. The van der Waals surface area contributed by atoms with E-state index >= 15 is 0 Å². The maximum Gasteiger partial charge on any atom is 0.209 e. The molecular formula is C7H10N4S. The molecule has 3 rings (SSSR count). The highest BCUT2D eigenvalue weighted by Gasteiger charge is 2.36. The lowest BCUT2D eigenvalue weighted by atomic mass is 9.95. The monoisotopic (exact) mass is 182 g/mol. The molecule has 0 unspecified atom stereocenters. The van der Waals surface area contributed by atoms with Crippen molar-refractivity contribution in [2.75, 3.05) is 0 Å². The molecule has 5 heteroatoms. The summed E-state index contributed by atoms with van der Waals surface area (Å²) in [5, 5.41) is 13.4. The largest absolute Gasteiger partial charge is 0.216 e. The van der Waals surface area contributed by atoms with Crippen LogP contribution in [0, 0.1) is 0 Å². The van der Waals surface area contributed by atoms with Gasteiger partial charge in [-0.2, -0.15) is 0 Å². The number of fused-ring (bicyclic) bond motifs is 3. The van der Waals surface area contributed by atoms with Crippen LogP contribution in [0.4, 0.5) is 0 Å². The summed E-state index contributed by atoms with van der Waals surface area (Å²) in [7, 11) is 0. The van der Waals surface area contributed by atoms with Crippen LogP contribution < -0.4 is 0 Å². The van der Waals surface area contributed by atoms with Crippen LogP contribution >= 0.6 is 11.8 Å². The Labute approximate surface area is 74.7 Å². The second-order valence-corrected chi connectivity index (χ2v) is 4.62. The van der Waals surface area contributed by atoms with Gasteiger partial charge >= 0.3 is 0 Å². The molecule has 64 valence electrons. The highest BCUT2D eigenvalue weighted by molar-refractivity contribution is 8.00. The molecule has 0 aromatic carbocycles. The second kappa shape index (κ2) is 2.45. The summed E-state index contributed by atoms with van der Waals surface area (Å²) in [6.07, 6.45) is 5.28. The molecule has 4 nitrogen and oxygen atoms in total. The molecule has 2 atom stereocenters. The summed E-state index contributed by atoms with van der Waals surface area (Å²) in [5.41, 5.74) is 0. The molecule has 0 radical (unpaired) electrons. The van der Waals surface area contributed by atoms with E-state index in [-0.39, 0.29) is 0 Å². The number of thioether (sulfide) groups is 1. The number of rotatable bonds is 0. The fourth-order valence-electron chi connectivity index (χ4n) is 2.10. The van der Waals surface area contributed by atoms with Crippen LogP contribution in [0.5, 0.6) is 0 Å². The Morgan fingerprint density at radius 2 is 2.25 bits per heavy atom. The topological polar surface area (TPSA) is 43.6 Å². The fourth-order valence-corrected chi connectivity index (χ4v) is 3.43. The molecule has 0 N–H and O–H groups in total. The van der Waals surface area contributed by atoms with Crippen molar-refractivity contribution in [3.8, 4) is 0 Å². The Kier molecular flexibility index (Phi) is 1.41. The van der Waals surface area contributed by atoms with Gasteiger partial charge in [-0.3, -0.25) is 0 Å². The molecule has 0 bridgehead atoms. The van der Waals surface area contributed by atoms with Gasteiger partial charge in [-0.15, -0.1) is 5.10 Å². The van der Waals surface area contributed by atoms with Crippen molar-refractivity contribution in [2.45, 2.75) is 42.1 Å². The van der Waals surface area contributed by atoms with Crippen molar-refractivity contribution in [1.29, 1.82) is 0 Å². The van der Waals surface area contributed by atoms with Crippen LogP contribution in [0.2, 0.25) is 0 Å². The molecule has 1 aromatic rings. The van der Waals surface area contributed by atoms with Crippen molar-refractivity contribution >= 4 is 11.8 Å². The number of hydrogen-bond donors (Lipinski definition) is 0. The zero-order valence-electron chi connectivity index (χ0n) is 6.68. The second-order valence-electron chi connectivity index (χ2n) is 3.41. The van der Waals surface area contributed by atoms with Crippen molar-refractivity contribution in [2.24, 2.45) is 0 Å². The van der Waals surface area contributed by atoms with Gasteiger partial charge in [0.15, 0.2) is 0 Å². The summed E-state index contributed by atoms with van der Waals surface area (Å²) in [6, 6.07) is 0.591. The molecule has 1 aliphatic carbocycles. The zero-order valence-corrected chi connectivity index (χ0v) is 7.50. The highest BCUT2D eigenvalue weighted by atomic mass is 32.2. The van der Waals surface area contributed by atoms with Gasteiger partial charge in [0.2, 0.25) is 5.16 Å². The van der Waals surface area contributed by atoms with E-state index in [4.69, 9.17) is 0 Å². The van der Waals surface area contributed by atoms with E-state index in [1.807, 2.05) is 16.4 Å². The van der Waals surface area contributed by atoms with Gasteiger partial charge in [0.25, 0.3) is 0 Å². The Morgan fingerprint density at radius 3 is 3.25 bits per heavy atom. The van der Waals surface area contributed by atoms with Crippen LogP contribution in [0.25, 0.3) is 0 Å². The predicted molar refractivity (Wildman–Crippen MR) is 45.0 cm³/mol. The SMILES string of the molecule is C1CC[C@H]2[C@@H](C1)Sc1nnnn12. The van der Waals surface area contributed by atoms with E-state index < -0.39 is 0 Å². The smallest absolute Gasteiger partial charge is 0.209 e. The third-order valence-electron chi connectivity index (χ3n) is 2.70. The molecule has 1 aliphatic heterocycles. The summed E-state index contributed by atoms with van der Waals surface area (Å²) < 4.78 is 2.01. The summed E-state index contributed by atoms with van der Waals surface area (Å²) >= 11 is 1.85. The Balaban J connectivity index is 1.98. The lowest BCUT2D eigenvalue weighted by molar-refractivity contribution is 0.334. The molecule has 1 aromatic heterocycles. The fraction of sp³-hybridized carbons (Fsp3) is 0.857. The molecule has 0 saturated heterocycles. The molecule has 12 heavy (non-hydrogen) atoms. The maximum atomic E-state index is 4.02. The minimum absolute atomic E-state index is 0.591. The first-order valence-corrected chi connectivity index (χ1v) is 5.27. The Hall–Kier alpha value is -0.580. The first kappa shape index (κ1) is 6.88. The van der Waals surface area contributed by atoms with E-state index in [0.717, 1.165) is 10.4 Å². The average Bonchev–Trinajstić information content (AvgIpc) is 2.62. The van der Waals surface area contributed by atoms with E-state index in [9.17, 15) is 0 Å². The summed E-state index contributed by atoms with van der Waals surface area (Å²) in [5.74, 6) is 0. The standard InChI is InChI=1S/C7H10N4S/c1-2-4-6-5(3-1)11-7(12-6)8-9-10-11/h5-6H,1-4H2/t5-,6+/m0/s1. The predicted octanol–water partition coefficient (Wildman–Crippen LogP) is 1.26. The van der Waals surface area contributed by atoms with Crippen molar-refractivity contribution < 1.29 is 0 Å².